The molecule has 0 unspecified atom stereocenters. The molecule has 1 aliphatic heterocycles. The van der Waals surface area contributed by atoms with Crippen LogP contribution in [0.3, 0.4) is 0 Å². The van der Waals surface area contributed by atoms with Crippen molar-refractivity contribution in [3.8, 4) is 22.7 Å². The number of anilines is 1. The summed E-state index contributed by atoms with van der Waals surface area (Å²) in [6, 6.07) is 23.2. The van der Waals surface area contributed by atoms with Gasteiger partial charge in [0.15, 0.2) is 5.69 Å². The lowest BCUT2D eigenvalue weighted by molar-refractivity contribution is 0.0518. The Kier molecular flexibility index (Phi) is 7.58. The third-order valence-electron chi connectivity index (χ3n) is 6.71. The van der Waals surface area contributed by atoms with Crippen LogP contribution in [0.25, 0.3) is 16.9 Å². The predicted octanol–water partition coefficient (Wildman–Crippen LogP) is 4.83. The number of esters is 1. The van der Waals surface area contributed by atoms with Gasteiger partial charge in [-0.05, 0) is 61.5 Å². The second kappa shape index (κ2) is 11.4. The zero-order valence-electron chi connectivity index (χ0n) is 21.8. The summed E-state index contributed by atoms with van der Waals surface area (Å²) in [4.78, 5) is 29.1. The molecule has 5 rings (SSSR count). The van der Waals surface area contributed by atoms with E-state index in [1.807, 2.05) is 48.5 Å². The quantitative estimate of drug-likeness (QED) is 0.320. The summed E-state index contributed by atoms with van der Waals surface area (Å²) in [5, 5.41) is 4.53. The maximum atomic E-state index is 14.1. The van der Waals surface area contributed by atoms with Crippen LogP contribution in [-0.2, 0) is 4.74 Å². The van der Waals surface area contributed by atoms with Gasteiger partial charge in [-0.1, -0.05) is 24.3 Å². The Morgan fingerprint density at radius 3 is 2.21 bits per heavy atom. The van der Waals surface area contributed by atoms with Gasteiger partial charge in [-0.3, -0.25) is 4.79 Å². The third-order valence-corrected chi connectivity index (χ3v) is 6.71. The number of hydrogen-bond donors (Lipinski definition) is 0. The molecule has 0 aliphatic carbocycles. The second-order valence-corrected chi connectivity index (χ2v) is 9.05. The molecule has 200 valence electrons. The molecule has 9 heteroatoms. The number of halogens is 1. The SMILES string of the molecule is CCOC(=O)c1cc(-c2ccc(N3CCN(C(=O)c4ccccc4F)CC3)cc2)n(-c2ccc(OC)cc2)n1. The second-order valence-electron chi connectivity index (χ2n) is 9.05. The number of carbonyl (C=O) groups excluding carboxylic acids is 2. The van der Waals surface area contributed by atoms with Gasteiger partial charge in [-0.2, -0.15) is 5.10 Å². The smallest absolute Gasteiger partial charge is 0.358 e. The first-order valence-corrected chi connectivity index (χ1v) is 12.8. The van der Waals surface area contributed by atoms with E-state index < -0.39 is 11.8 Å². The van der Waals surface area contributed by atoms with Gasteiger partial charge >= 0.3 is 5.97 Å². The fourth-order valence-electron chi connectivity index (χ4n) is 4.63. The van der Waals surface area contributed by atoms with Crippen LogP contribution < -0.4 is 9.64 Å². The molecular formula is C30H29FN4O4. The average molecular weight is 529 g/mol. The van der Waals surface area contributed by atoms with E-state index in [9.17, 15) is 14.0 Å². The molecule has 0 atom stereocenters. The van der Waals surface area contributed by atoms with E-state index in [1.165, 1.54) is 12.1 Å². The molecule has 1 amide bonds. The summed E-state index contributed by atoms with van der Waals surface area (Å²) in [7, 11) is 1.61. The van der Waals surface area contributed by atoms with Crippen molar-refractivity contribution in [2.45, 2.75) is 6.92 Å². The number of piperazine rings is 1. The Morgan fingerprint density at radius 1 is 0.897 bits per heavy atom. The molecule has 0 spiro atoms. The van der Waals surface area contributed by atoms with Crippen LogP contribution in [0.15, 0.2) is 78.9 Å². The first kappa shape index (κ1) is 26.0. The maximum absolute atomic E-state index is 14.1. The van der Waals surface area contributed by atoms with Crippen LogP contribution >= 0.6 is 0 Å². The minimum Gasteiger partial charge on any atom is -0.497 e. The highest BCUT2D eigenvalue weighted by molar-refractivity contribution is 5.94. The molecule has 39 heavy (non-hydrogen) atoms. The number of carbonyl (C=O) groups is 2. The Morgan fingerprint density at radius 2 is 1.56 bits per heavy atom. The Hall–Kier alpha value is -4.66. The molecule has 0 saturated carbocycles. The summed E-state index contributed by atoms with van der Waals surface area (Å²) in [5.41, 5.74) is 3.74. The number of aromatic nitrogens is 2. The third kappa shape index (κ3) is 5.47. The fraction of sp³-hybridized carbons (Fsp3) is 0.233. The number of nitrogens with zero attached hydrogens (tertiary/aromatic N) is 4. The number of ether oxygens (including phenoxy) is 2. The highest BCUT2D eigenvalue weighted by atomic mass is 19.1. The van der Waals surface area contributed by atoms with Gasteiger partial charge < -0.3 is 19.3 Å². The van der Waals surface area contributed by atoms with Crippen LogP contribution in [0.2, 0.25) is 0 Å². The molecule has 1 fully saturated rings. The molecule has 3 aromatic carbocycles. The Bertz CT molecular complexity index is 1460. The topological polar surface area (TPSA) is 76.9 Å². The molecule has 4 aromatic rings. The fourth-order valence-corrected chi connectivity index (χ4v) is 4.63. The molecule has 1 aromatic heterocycles. The largest absolute Gasteiger partial charge is 0.497 e. The van der Waals surface area contributed by atoms with Crippen LogP contribution in [0.1, 0.15) is 27.8 Å². The van der Waals surface area contributed by atoms with Crippen LogP contribution in [0.5, 0.6) is 5.75 Å². The standard InChI is InChI=1S/C30H29FN4O4/c1-3-39-30(37)27-20-28(35(32-27)23-12-14-24(38-2)15-13-23)21-8-10-22(11-9-21)33-16-18-34(19-17-33)29(36)25-6-4-5-7-26(25)31/h4-15,20H,3,16-19H2,1-2H3. The van der Waals surface area contributed by atoms with Crippen molar-refractivity contribution in [1.29, 1.82) is 0 Å². The monoisotopic (exact) mass is 528 g/mol. The zero-order chi connectivity index (χ0) is 27.4. The summed E-state index contributed by atoms with van der Waals surface area (Å²) in [6.45, 7) is 4.29. The van der Waals surface area contributed by atoms with E-state index in [1.54, 1.807) is 41.8 Å². The number of amides is 1. The average Bonchev–Trinajstić information content (AvgIpc) is 3.43. The van der Waals surface area contributed by atoms with Crippen molar-refractivity contribution in [2.75, 3.05) is 44.8 Å². The molecule has 8 nitrogen and oxygen atoms in total. The van der Waals surface area contributed by atoms with Gasteiger partial charge in [0.2, 0.25) is 0 Å². The summed E-state index contributed by atoms with van der Waals surface area (Å²) >= 11 is 0. The normalized spacial score (nSPS) is 13.3. The first-order chi connectivity index (χ1) is 19.0. The lowest BCUT2D eigenvalue weighted by atomic mass is 10.1. The maximum Gasteiger partial charge on any atom is 0.358 e. The molecular weight excluding hydrogens is 499 g/mol. The van der Waals surface area contributed by atoms with Gasteiger partial charge in [0.1, 0.15) is 11.6 Å². The molecule has 1 saturated heterocycles. The van der Waals surface area contributed by atoms with E-state index in [2.05, 4.69) is 10.00 Å². The Balaban J connectivity index is 1.34. The number of benzene rings is 3. The molecule has 1 aliphatic rings. The molecule has 0 N–H and O–H groups in total. The van der Waals surface area contributed by atoms with Crippen LogP contribution in [-0.4, -0.2) is 66.5 Å². The predicted molar refractivity (Wildman–Crippen MR) is 146 cm³/mol. The molecule has 0 radical (unpaired) electrons. The van der Waals surface area contributed by atoms with Crippen molar-refractivity contribution < 1.29 is 23.5 Å². The van der Waals surface area contributed by atoms with Crippen LogP contribution in [0.4, 0.5) is 10.1 Å². The van der Waals surface area contributed by atoms with Gasteiger partial charge in [-0.25, -0.2) is 13.9 Å². The van der Waals surface area contributed by atoms with Crippen molar-refractivity contribution in [2.24, 2.45) is 0 Å². The van der Waals surface area contributed by atoms with Crippen molar-refractivity contribution >= 4 is 17.6 Å². The molecule has 2 heterocycles. The molecule has 0 bridgehead atoms. The van der Waals surface area contributed by atoms with E-state index in [0.717, 1.165) is 28.4 Å². The van der Waals surface area contributed by atoms with Crippen molar-refractivity contribution in [3.63, 3.8) is 0 Å². The summed E-state index contributed by atoms with van der Waals surface area (Å²) in [5.74, 6) is -0.545. The highest BCUT2D eigenvalue weighted by Crippen LogP contribution is 2.28. The van der Waals surface area contributed by atoms with E-state index in [0.29, 0.717) is 26.2 Å². The highest BCUT2D eigenvalue weighted by Gasteiger charge is 2.24. The Labute approximate surface area is 226 Å². The van der Waals surface area contributed by atoms with Gasteiger partial charge in [0, 0.05) is 37.4 Å². The van der Waals surface area contributed by atoms with E-state index in [-0.39, 0.29) is 23.8 Å². The van der Waals surface area contributed by atoms with Gasteiger partial charge in [0.05, 0.1) is 30.7 Å². The first-order valence-electron chi connectivity index (χ1n) is 12.8. The zero-order valence-corrected chi connectivity index (χ0v) is 21.8. The number of hydrogen-bond acceptors (Lipinski definition) is 6. The van der Waals surface area contributed by atoms with Gasteiger partial charge in [-0.15, -0.1) is 0 Å². The van der Waals surface area contributed by atoms with Gasteiger partial charge in [0.25, 0.3) is 5.91 Å². The summed E-state index contributed by atoms with van der Waals surface area (Å²) in [6.07, 6.45) is 0. The minimum atomic E-state index is -0.500. The number of rotatable bonds is 7. The van der Waals surface area contributed by atoms with Crippen molar-refractivity contribution in [1.82, 2.24) is 14.7 Å². The number of methoxy groups -OCH3 is 1. The minimum absolute atomic E-state index is 0.103. The van der Waals surface area contributed by atoms with E-state index >= 15 is 0 Å². The van der Waals surface area contributed by atoms with Crippen LogP contribution in [0, 0.1) is 5.82 Å². The van der Waals surface area contributed by atoms with Crippen molar-refractivity contribution in [3.05, 3.63) is 95.9 Å². The summed E-state index contributed by atoms with van der Waals surface area (Å²) < 4.78 is 26.2. The lowest BCUT2D eigenvalue weighted by Gasteiger charge is -2.36. The van der Waals surface area contributed by atoms with E-state index in [4.69, 9.17) is 9.47 Å². The lowest BCUT2D eigenvalue weighted by Crippen LogP contribution is -2.49.